The van der Waals surface area contributed by atoms with Crippen LogP contribution in [0, 0.1) is 5.92 Å². The van der Waals surface area contributed by atoms with Crippen molar-refractivity contribution in [3.05, 3.63) is 27.2 Å². The van der Waals surface area contributed by atoms with Gasteiger partial charge in [-0.3, -0.25) is 19.0 Å². The summed E-state index contributed by atoms with van der Waals surface area (Å²) in [7, 11) is 3.22. The van der Waals surface area contributed by atoms with Crippen LogP contribution in [-0.2, 0) is 30.2 Å². The molecule has 1 aliphatic carbocycles. The highest BCUT2D eigenvalue weighted by Crippen LogP contribution is 2.27. The van der Waals surface area contributed by atoms with E-state index in [9.17, 15) is 19.2 Å². The molecular weight excluding hydrogens is 412 g/mol. The van der Waals surface area contributed by atoms with Gasteiger partial charge in [-0.2, -0.15) is 0 Å². The first kappa shape index (κ1) is 22.3. The molecule has 2 aromatic heterocycles. The summed E-state index contributed by atoms with van der Waals surface area (Å²) in [5.74, 6) is 0.544. The Labute approximate surface area is 186 Å². The first-order valence-electron chi connectivity index (χ1n) is 11.5. The summed E-state index contributed by atoms with van der Waals surface area (Å²) in [6, 6.07) is 0. The summed E-state index contributed by atoms with van der Waals surface area (Å²) >= 11 is 0. The summed E-state index contributed by atoms with van der Waals surface area (Å²) < 4.78 is 3.80. The Hall–Kier alpha value is -2.91. The minimum absolute atomic E-state index is 0.162. The van der Waals surface area contributed by atoms with E-state index >= 15 is 0 Å². The van der Waals surface area contributed by atoms with Gasteiger partial charge >= 0.3 is 5.69 Å². The molecule has 0 bridgehead atoms. The molecule has 2 amide bonds. The Morgan fingerprint density at radius 1 is 0.969 bits per heavy atom. The molecule has 174 valence electrons. The van der Waals surface area contributed by atoms with Gasteiger partial charge < -0.3 is 14.4 Å². The number of carbonyl (C=O) groups is 2. The third-order valence-electron chi connectivity index (χ3n) is 6.97. The number of hydrogen-bond donors (Lipinski definition) is 0. The highest BCUT2D eigenvalue weighted by atomic mass is 16.2. The topological polar surface area (TPSA) is 102 Å². The Balaban J connectivity index is 1.35. The van der Waals surface area contributed by atoms with Crippen LogP contribution in [-0.4, -0.2) is 66.5 Å². The van der Waals surface area contributed by atoms with E-state index in [0.29, 0.717) is 44.2 Å². The lowest BCUT2D eigenvalue weighted by atomic mass is 9.86. The van der Waals surface area contributed by atoms with E-state index in [1.807, 2.05) is 4.90 Å². The van der Waals surface area contributed by atoms with E-state index in [1.165, 1.54) is 50.0 Å². The summed E-state index contributed by atoms with van der Waals surface area (Å²) in [5, 5.41) is 0. The molecule has 32 heavy (non-hydrogen) atoms. The number of aromatic nitrogens is 4. The first-order chi connectivity index (χ1) is 15.4. The van der Waals surface area contributed by atoms with E-state index < -0.39 is 11.2 Å². The molecule has 10 heteroatoms. The van der Waals surface area contributed by atoms with E-state index in [4.69, 9.17) is 0 Å². The van der Waals surface area contributed by atoms with Crippen LogP contribution in [0.25, 0.3) is 11.2 Å². The zero-order valence-corrected chi connectivity index (χ0v) is 19.0. The van der Waals surface area contributed by atoms with Gasteiger partial charge in [-0.05, 0) is 12.3 Å². The normalized spacial score (nSPS) is 17.8. The van der Waals surface area contributed by atoms with Gasteiger partial charge in [0, 0.05) is 46.7 Å². The van der Waals surface area contributed by atoms with Crippen molar-refractivity contribution in [1.82, 2.24) is 28.5 Å². The molecule has 1 saturated carbocycles. The second kappa shape index (κ2) is 9.30. The maximum absolute atomic E-state index is 12.8. The van der Waals surface area contributed by atoms with Gasteiger partial charge in [-0.1, -0.05) is 32.1 Å². The summed E-state index contributed by atoms with van der Waals surface area (Å²) in [4.78, 5) is 58.4. The lowest BCUT2D eigenvalue weighted by Crippen LogP contribution is -2.52. The number of piperazine rings is 1. The Kier molecular flexibility index (Phi) is 6.48. The second-order valence-electron chi connectivity index (χ2n) is 9.06. The molecule has 2 aliphatic rings. The van der Waals surface area contributed by atoms with Crippen LogP contribution in [0.5, 0.6) is 0 Å². The van der Waals surface area contributed by atoms with E-state index in [-0.39, 0.29) is 23.9 Å². The average Bonchev–Trinajstić information content (AvgIpc) is 3.21. The van der Waals surface area contributed by atoms with Crippen molar-refractivity contribution in [3.63, 3.8) is 0 Å². The van der Waals surface area contributed by atoms with Crippen LogP contribution >= 0.6 is 0 Å². The number of rotatable bonds is 5. The van der Waals surface area contributed by atoms with Gasteiger partial charge in [0.15, 0.2) is 11.2 Å². The number of carbonyl (C=O) groups excluding carboxylic acids is 2. The minimum atomic E-state index is -0.564. The summed E-state index contributed by atoms with van der Waals surface area (Å²) in [6.07, 6.45) is 9.35. The fourth-order valence-electron chi connectivity index (χ4n) is 4.94. The summed E-state index contributed by atoms with van der Waals surface area (Å²) in [5.41, 5.74) is -0.501. The molecule has 0 radical (unpaired) electrons. The number of aryl methyl sites for hydroxylation is 2. The molecule has 0 atom stereocenters. The lowest BCUT2D eigenvalue weighted by molar-refractivity contribution is -0.140. The summed E-state index contributed by atoms with van der Waals surface area (Å²) in [6.45, 7) is 1.49. The molecule has 0 unspecified atom stereocenters. The third-order valence-corrected chi connectivity index (χ3v) is 6.97. The molecule has 0 N–H and O–H groups in total. The largest absolute Gasteiger partial charge is 0.339 e. The smallest absolute Gasteiger partial charge is 0.332 e. The van der Waals surface area contributed by atoms with Crippen LogP contribution < -0.4 is 11.2 Å². The van der Waals surface area contributed by atoms with Gasteiger partial charge in [0.1, 0.15) is 6.54 Å². The standard InChI is InChI=1S/C22H32N6O4/c1-24-15-23-20-19(24)21(31)28(22(32)25(20)2)14-18(30)27-12-10-26(11-13-27)17(29)9-8-16-6-4-3-5-7-16/h15-16H,3-14H2,1-2H3. The number of fused-ring (bicyclic) bond motifs is 1. The molecular formula is C22H32N6O4. The van der Waals surface area contributed by atoms with Crippen LogP contribution in [0.2, 0.25) is 0 Å². The maximum atomic E-state index is 12.8. The number of hydrogen-bond acceptors (Lipinski definition) is 5. The van der Waals surface area contributed by atoms with Crippen LogP contribution in [0.1, 0.15) is 44.9 Å². The predicted molar refractivity (Wildman–Crippen MR) is 119 cm³/mol. The van der Waals surface area contributed by atoms with Crippen molar-refractivity contribution in [2.45, 2.75) is 51.5 Å². The molecule has 2 fully saturated rings. The van der Waals surface area contributed by atoms with Gasteiger partial charge in [-0.25, -0.2) is 14.3 Å². The maximum Gasteiger partial charge on any atom is 0.332 e. The quantitative estimate of drug-likeness (QED) is 0.667. The minimum Gasteiger partial charge on any atom is -0.339 e. The van der Waals surface area contributed by atoms with Crippen molar-refractivity contribution in [2.24, 2.45) is 20.0 Å². The first-order valence-corrected chi connectivity index (χ1v) is 11.5. The monoisotopic (exact) mass is 444 g/mol. The highest BCUT2D eigenvalue weighted by molar-refractivity contribution is 5.79. The van der Waals surface area contributed by atoms with Gasteiger partial charge in [0.2, 0.25) is 11.8 Å². The fourth-order valence-corrected chi connectivity index (χ4v) is 4.94. The Bertz CT molecular complexity index is 1120. The van der Waals surface area contributed by atoms with Crippen LogP contribution in [0.15, 0.2) is 15.9 Å². The van der Waals surface area contributed by atoms with E-state index in [2.05, 4.69) is 4.98 Å². The lowest BCUT2D eigenvalue weighted by Gasteiger charge is -2.35. The van der Waals surface area contributed by atoms with Gasteiger partial charge in [-0.15, -0.1) is 0 Å². The van der Waals surface area contributed by atoms with E-state index in [0.717, 1.165) is 11.0 Å². The van der Waals surface area contributed by atoms with Crippen molar-refractivity contribution >= 4 is 23.0 Å². The third kappa shape index (κ3) is 4.35. The Morgan fingerprint density at radius 2 is 1.59 bits per heavy atom. The second-order valence-corrected chi connectivity index (χ2v) is 9.06. The molecule has 10 nitrogen and oxygen atoms in total. The van der Waals surface area contributed by atoms with E-state index in [1.54, 1.807) is 16.5 Å². The van der Waals surface area contributed by atoms with Gasteiger partial charge in [0.25, 0.3) is 5.56 Å². The fraction of sp³-hybridized carbons (Fsp3) is 0.682. The average molecular weight is 445 g/mol. The van der Waals surface area contributed by atoms with Gasteiger partial charge in [0.05, 0.1) is 6.33 Å². The van der Waals surface area contributed by atoms with Crippen LogP contribution in [0.3, 0.4) is 0 Å². The zero-order chi connectivity index (χ0) is 22.8. The molecule has 2 aromatic rings. The van der Waals surface area contributed by atoms with Crippen molar-refractivity contribution in [3.8, 4) is 0 Å². The molecule has 0 aromatic carbocycles. The zero-order valence-electron chi connectivity index (χ0n) is 19.0. The molecule has 3 heterocycles. The molecule has 1 saturated heterocycles. The van der Waals surface area contributed by atoms with Crippen molar-refractivity contribution in [2.75, 3.05) is 26.2 Å². The number of imidazole rings is 1. The molecule has 4 rings (SSSR count). The van der Waals surface area contributed by atoms with Crippen molar-refractivity contribution in [1.29, 1.82) is 0 Å². The SMILES string of the molecule is Cn1cnc2c1c(=O)n(CC(=O)N1CCN(C(=O)CCC3CCCCC3)CC1)c(=O)n2C. The number of amides is 2. The Morgan fingerprint density at radius 3 is 2.25 bits per heavy atom. The van der Waals surface area contributed by atoms with Crippen molar-refractivity contribution < 1.29 is 9.59 Å². The molecule has 1 aliphatic heterocycles. The number of nitrogens with zero attached hydrogens (tertiary/aromatic N) is 6. The molecule has 0 spiro atoms. The highest BCUT2D eigenvalue weighted by Gasteiger charge is 2.26. The predicted octanol–water partition coefficient (Wildman–Crippen LogP) is 0.465. The van der Waals surface area contributed by atoms with Crippen LogP contribution in [0.4, 0.5) is 0 Å².